The van der Waals surface area contributed by atoms with Gasteiger partial charge in [-0.3, -0.25) is 0 Å². The third-order valence-corrected chi connectivity index (χ3v) is 5.37. The van der Waals surface area contributed by atoms with E-state index in [1.54, 1.807) is 12.1 Å². The fourth-order valence-corrected chi connectivity index (χ4v) is 3.85. The molecule has 0 aliphatic rings. The van der Waals surface area contributed by atoms with Crippen molar-refractivity contribution in [2.75, 3.05) is 32.8 Å². The number of aliphatic hydroxyl groups excluding tert-OH is 1. The number of nitrogens with zero attached hydrogens (tertiary/aromatic N) is 2. The van der Waals surface area contributed by atoms with Gasteiger partial charge in [0.1, 0.15) is 11.6 Å². The lowest BCUT2D eigenvalue weighted by Crippen LogP contribution is -2.27. The van der Waals surface area contributed by atoms with Gasteiger partial charge in [-0.15, -0.1) is 0 Å². The predicted octanol–water partition coefficient (Wildman–Crippen LogP) is 4.58. The first kappa shape index (κ1) is 19.7. The number of ether oxygens (including phenoxy) is 1. The van der Waals surface area contributed by atoms with Crippen LogP contribution in [0.1, 0.15) is 19.8 Å². The van der Waals surface area contributed by atoms with Crippen molar-refractivity contribution in [3.63, 3.8) is 0 Å². The topological polar surface area (TPSA) is 45.6 Å². The zero-order chi connectivity index (χ0) is 19.1. The van der Waals surface area contributed by atoms with Crippen molar-refractivity contribution in [1.29, 1.82) is 0 Å². The van der Waals surface area contributed by atoms with Gasteiger partial charge in [-0.25, -0.2) is 4.39 Å². The fraction of sp³-hybridized carbons (Fsp3) is 0.381. The molecule has 2 aromatic carbocycles. The molecule has 27 heavy (non-hydrogen) atoms. The highest BCUT2D eigenvalue weighted by Gasteiger charge is 2.10. The zero-order valence-electron chi connectivity index (χ0n) is 15.5. The summed E-state index contributed by atoms with van der Waals surface area (Å²) in [5.74, 6) is 0.604. The number of benzene rings is 2. The van der Waals surface area contributed by atoms with Gasteiger partial charge in [-0.1, -0.05) is 6.92 Å². The molecular weight excluding hydrogens is 363 g/mol. The molecule has 1 heterocycles. The van der Waals surface area contributed by atoms with E-state index in [-0.39, 0.29) is 12.4 Å². The molecule has 0 aliphatic heterocycles. The van der Waals surface area contributed by atoms with Gasteiger partial charge in [-0.2, -0.15) is 4.37 Å². The Morgan fingerprint density at radius 1 is 1.11 bits per heavy atom. The smallest absolute Gasteiger partial charge is 0.123 e. The van der Waals surface area contributed by atoms with Gasteiger partial charge in [0.25, 0.3) is 0 Å². The third kappa shape index (κ3) is 5.25. The molecule has 1 aromatic heterocycles. The molecule has 0 spiro atoms. The van der Waals surface area contributed by atoms with E-state index < -0.39 is 0 Å². The Labute approximate surface area is 163 Å². The summed E-state index contributed by atoms with van der Waals surface area (Å²) in [4.78, 5) is 2.24. The van der Waals surface area contributed by atoms with Crippen LogP contribution in [0.5, 0.6) is 5.75 Å². The molecule has 0 amide bonds. The number of fused-ring (bicyclic) bond motifs is 1. The molecule has 0 aliphatic carbocycles. The van der Waals surface area contributed by atoms with Gasteiger partial charge < -0.3 is 14.7 Å². The summed E-state index contributed by atoms with van der Waals surface area (Å²) in [6.07, 6.45) is 2.02. The Bertz CT molecular complexity index is 851. The SMILES string of the molecule is CCN(CCO)CCCCOc1ccc2c(-c3ccc(F)cc3)nsc2c1. The van der Waals surface area contributed by atoms with Crippen LogP contribution in [0.15, 0.2) is 42.5 Å². The van der Waals surface area contributed by atoms with Crippen molar-refractivity contribution in [1.82, 2.24) is 9.27 Å². The number of hydrogen-bond acceptors (Lipinski definition) is 5. The van der Waals surface area contributed by atoms with Crippen LogP contribution in [-0.4, -0.2) is 47.2 Å². The minimum Gasteiger partial charge on any atom is -0.494 e. The fourth-order valence-electron chi connectivity index (χ4n) is 3.02. The van der Waals surface area contributed by atoms with Crippen molar-refractivity contribution in [2.24, 2.45) is 0 Å². The zero-order valence-corrected chi connectivity index (χ0v) is 16.3. The first-order valence-corrected chi connectivity index (χ1v) is 10.1. The van der Waals surface area contributed by atoms with Crippen LogP contribution in [0, 0.1) is 5.82 Å². The summed E-state index contributed by atoms with van der Waals surface area (Å²) < 4.78 is 24.6. The molecule has 6 heteroatoms. The maximum atomic E-state index is 13.1. The van der Waals surface area contributed by atoms with E-state index in [0.717, 1.165) is 59.6 Å². The summed E-state index contributed by atoms with van der Waals surface area (Å²) >= 11 is 1.43. The van der Waals surface area contributed by atoms with Crippen molar-refractivity contribution in [3.8, 4) is 17.0 Å². The highest BCUT2D eigenvalue weighted by atomic mass is 32.1. The summed E-state index contributed by atoms with van der Waals surface area (Å²) in [5.41, 5.74) is 1.80. The summed E-state index contributed by atoms with van der Waals surface area (Å²) in [6, 6.07) is 12.4. The number of aromatic nitrogens is 1. The lowest BCUT2D eigenvalue weighted by molar-refractivity contribution is 0.195. The van der Waals surface area contributed by atoms with E-state index >= 15 is 0 Å². The van der Waals surface area contributed by atoms with Crippen LogP contribution in [0.2, 0.25) is 0 Å². The molecule has 4 nitrogen and oxygen atoms in total. The van der Waals surface area contributed by atoms with Gasteiger partial charge in [0, 0.05) is 17.5 Å². The minimum absolute atomic E-state index is 0.207. The van der Waals surface area contributed by atoms with E-state index in [2.05, 4.69) is 16.2 Å². The van der Waals surface area contributed by atoms with Gasteiger partial charge in [0.05, 0.1) is 23.6 Å². The van der Waals surface area contributed by atoms with E-state index in [0.29, 0.717) is 6.61 Å². The Balaban J connectivity index is 1.55. The summed E-state index contributed by atoms with van der Waals surface area (Å²) in [6.45, 7) is 5.66. The van der Waals surface area contributed by atoms with Crippen LogP contribution < -0.4 is 4.74 Å². The van der Waals surface area contributed by atoms with Crippen LogP contribution in [0.3, 0.4) is 0 Å². The number of halogens is 1. The van der Waals surface area contributed by atoms with Crippen LogP contribution >= 0.6 is 11.5 Å². The lowest BCUT2D eigenvalue weighted by atomic mass is 10.1. The predicted molar refractivity (Wildman–Crippen MR) is 109 cm³/mol. The van der Waals surface area contributed by atoms with Crippen LogP contribution in [0.4, 0.5) is 4.39 Å². The highest BCUT2D eigenvalue weighted by molar-refractivity contribution is 7.13. The number of unbranched alkanes of at least 4 members (excludes halogenated alkanes) is 1. The van der Waals surface area contributed by atoms with E-state index in [4.69, 9.17) is 9.84 Å². The quantitative estimate of drug-likeness (QED) is 0.517. The normalized spacial score (nSPS) is 11.4. The van der Waals surface area contributed by atoms with Crippen molar-refractivity contribution in [3.05, 3.63) is 48.3 Å². The van der Waals surface area contributed by atoms with E-state index in [1.165, 1.54) is 23.7 Å². The van der Waals surface area contributed by atoms with Crippen molar-refractivity contribution < 1.29 is 14.2 Å². The summed E-state index contributed by atoms with van der Waals surface area (Å²) in [7, 11) is 0. The molecular formula is C21H25FN2O2S. The lowest BCUT2D eigenvalue weighted by Gasteiger charge is -2.18. The average Bonchev–Trinajstić information content (AvgIpc) is 3.10. The second-order valence-corrected chi connectivity index (χ2v) is 7.21. The molecule has 0 saturated carbocycles. The number of aliphatic hydroxyl groups is 1. The molecule has 0 bridgehead atoms. The maximum absolute atomic E-state index is 13.1. The maximum Gasteiger partial charge on any atom is 0.123 e. The molecule has 0 saturated heterocycles. The average molecular weight is 389 g/mol. The molecule has 1 N–H and O–H groups in total. The Hall–Kier alpha value is -2.02. The molecule has 0 radical (unpaired) electrons. The van der Waals surface area contributed by atoms with Crippen LogP contribution in [0.25, 0.3) is 21.3 Å². The number of likely N-dealkylation sites (N-methyl/N-ethyl adjacent to an activating group) is 1. The standard InChI is InChI=1S/C21H25FN2O2S/c1-2-24(12-13-25)11-3-4-14-26-18-9-10-19-20(15-18)27-23-21(19)16-5-7-17(22)8-6-16/h5-10,15,25H,2-4,11-14H2,1H3. The van der Waals surface area contributed by atoms with Crippen molar-refractivity contribution >= 4 is 21.6 Å². The monoisotopic (exact) mass is 388 g/mol. The molecule has 0 atom stereocenters. The Morgan fingerprint density at radius 2 is 1.93 bits per heavy atom. The summed E-state index contributed by atoms with van der Waals surface area (Å²) in [5, 5.41) is 10.1. The van der Waals surface area contributed by atoms with Gasteiger partial charge in [-0.05, 0) is 79.9 Å². The number of rotatable bonds is 10. The molecule has 3 aromatic rings. The number of hydrogen-bond donors (Lipinski definition) is 1. The largest absolute Gasteiger partial charge is 0.494 e. The van der Waals surface area contributed by atoms with Crippen molar-refractivity contribution in [2.45, 2.75) is 19.8 Å². The van der Waals surface area contributed by atoms with Gasteiger partial charge >= 0.3 is 0 Å². The first-order chi connectivity index (χ1) is 13.2. The second-order valence-electron chi connectivity index (χ2n) is 6.41. The molecule has 144 valence electrons. The first-order valence-electron chi connectivity index (χ1n) is 9.32. The van der Waals surface area contributed by atoms with Crippen LogP contribution in [-0.2, 0) is 0 Å². The molecule has 0 unspecified atom stereocenters. The van der Waals surface area contributed by atoms with E-state index in [9.17, 15) is 4.39 Å². The third-order valence-electron chi connectivity index (χ3n) is 4.56. The highest BCUT2D eigenvalue weighted by Crippen LogP contribution is 2.33. The Morgan fingerprint density at radius 3 is 2.67 bits per heavy atom. The van der Waals surface area contributed by atoms with Gasteiger partial charge in [0.2, 0.25) is 0 Å². The molecule has 0 fully saturated rings. The van der Waals surface area contributed by atoms with E-state index in [1.807, 2.05) is 18.2 Å². The minimum atomic E-state index is -0.243. The molecule has 3 rings (SSSR count). The second kappa shape index (κ2) is 9.78. The Kier molecular flexibility index (Phi) is 7.15. The van der Waals surface area contributed by atoms with Gasteiger partial charge in [0.15, 0.2) is 0 Å².